The van der Waals surface area contributed by atoms with Crippen molar-refractivity contribution in [3.8, 4) is 17.2 Å². The monoisotopic (exact) mass is 530 g/mol. The van der Waals surface area contributed by atoms with E-state index in [2.05, 4.69) is 10.1 Å². The normalized spacial score (nSPS) is 11.5. The Hall–Kier alpha value is -4.34. The van der Waals surface area contributed by atoms with Crippen LogP contribution in [-0.2, 0) is 12.8 Å². The van der Waals surface area contributed by atoms with Crippen LogP contribution in [0.25, 0.3) is 5.69 Å². The van der Waals surface area contributed by atoms with Crippen LogP contribution in [0.4, 0.5) is 27.6 Å². The van der Waals surface area contributed by atoms with Crippen molar-refractivity contribution in [2.75, 3.05) is 5.32 Å². The number of aryl methyl sites for hydroxylation is 1. The van der Waals surface area contributed by atoms with Gasteiger partial charge in [-0.1, -0.05) is 30.3 Å². The van der Waals surface area contributed by atoms with Crippen molar-refractivity contribution in [1.29, 1.82) is 0 Å². The molecule has 1 aromatic heterocycles. The number of anilines is 1. The minimum absolute atomic E-state index is 0.0368. The van der Waals surface area contributed by atoms with Crippen molar-refractivity contribution >= 4 is 11.6 Å². The summed E-state index contributed by atoms with van der Waals surface area (Å²) in [6.45, 7) is 0.465. The third kappa shape index (κ3) is 6.13. The molecule has 0 saturated heterocycles. The maximum Gasteiger partial charge on any atom is 0.418 e. The molecule has 0 atom stereocenters. The van der Waals surface area contributed by atoms with E-state index in [-0.39, 0.29) is 23.6 Å². The molecule has 0 radical (unpaired) electrons. The van der Waals surface area contributed by atoms with Crippen LogP contribution in [0, 0.1) is 13.8 Å². The summed E-state index contributed by atoms with van der Waals surface area (Å²) in [5, 5.41) is 2.76. The van der Waals surface area contributed by atoms with Crippen LogP contribution in [0.2, 0.25) is 0 Å². The van der Waals surface area contributed by atoms with Gasteiger partial charge in [0.05, 0.1) is 16.8 Å². The highest BCUT2D eigenvalue weighted by Gasteiger charge is 2.34. The number of halogens is 5. The molecule has 1 N–H and O–H groups in total. The average molecular weight is 530 g/mol. The second kappa shape index (κ2) is 11.0. The Morgan fingerprint density at radius 2 is 1.63 bits per heavy atom. The van der Waals surface area contributed by atoms with E-state index in [1.165, 1.54) is 34.9 Å². The van der Waals surface area contributed by atoms with Gasteiger partial charge in [-0.3, -0.25) is 4.79 Å². The highest BCUT2D eigenvalue weighted by molar-refractivity contribution is 6.05. The molecular formula is C28H23F5N2O3. The van der Waals surface area contributed by atoms with Gasteiger partial charge in [0.25, 0.3) is 5.91 Å². The number of benzene rings is 3. The van der Waals surface area contributed by atoms with Crippen molar-refractivity contribution in [3.63, 3.8) is 0 Å². The Balaban J connectivity index is 1.48. The maximum atomic E-state index is 13.6. The summed E-state index contributed by atoms with van der Waals surface area (Å²) in [5.41, 5.74) is 1.36. The number of carbonyl (C=O) groups is 1. The van der Waals surface area contributed by atoms with Crippen molar-refractivity contribution in [1.82, 2.24) is 4.57 Å². The lowest BCUT2D eigenvalue weighted by atomic mass is 10.1. The second-order valence-corrected chi connectivity index (χ2v) is 8.43. The minimum atomic E-state index is -4.55. The molecule has 4 aromatic rings. The van der Waals surface area contributed by atoms with Gasteiger partial charge in [0.1, 0.15) is 18.1 Å². The molecule has 0 aliphatic heterocycles. The molecule has 5 nitrogen and oxygen atoms in total. The third-order valence-electron chi connectivity index (χ3n) is 5.77. The summed E-state index contributed by atoms with van der Waals surface area (Å²) in [7, 11) is 0. The number of aromatic nitrogens is 1. The van der Waals surface area contributed by atoms with Gasteiger partial charge in [-0.25, -0.2) is 0 Å². The molecule has 0 saturated carbocycles. The number of amides is 1. The molecule has 38 heavy (non-hydrogen) atoms. The Morgan fingerprint density at radius 3 is 2.32 bits per heavy atom. The molecule has 0 aliphatic rings. The summed E-state index contributed by atoms with van der Waals surface area (Å²) in [6.07, 6.45) is -4.55. The van der Waals surface area contributed by atoms with E-state index in [0.717, 1.165) is 6.07 Å². The number of rotatable bonds is 8. The van der Waals surface area contributed by atoms with Crippen LogP contribution < -0.4 is 14.8 Å². The van der Waals surface area contributed by atoms with E-state index in [1.807, 2.05) is 0 Å². The summed E-state index contributed by atoms with van der Waals surface area (Å²) in [4.78, 5) is 13.1. The lowest BCUT2D eigenvalue weighted by molar-refractivity contribution is -0.137. The van der Waals surface area contributed by atoms with Gasteiger partial charge < -0.3 is 19.4 Å². The molecule has 4 rings (SSSR count). The molecule has 0 spiro atoms. The largest absolute Gasteiger partial charge is 0.489 e. The zero-order valence-corrected chi connectivity index (χ0v) is 20.4. The molecule has 10 heteroatoms. The SMILES string of the molecule is Cc1cc(C(=O)Nc2cccc(OCc3ccc(OC(F)F)cc3)c2)c(C)n1-c1ccccc1C(F)(F)F. The minimum Gasteiger partial charge on any atom is -0.489 e. The number of hydrogen-bond donors (Lipinski definition) is 1. The fraction of sp³-hybridized carbons (Fsp3) is 0.179. The Bertz CT molecular complexity index is 1430. The standard InChI is InChI=1S/C28H23F5N2O3/c1-17-14-23(18(2)35(17)25-9-4-3-8-24(25)28(31,32)33)26(36)34-20-6-5-7-22(15-20)37-16-19-10-12-21(13-11-19)38-27(29)30/h3-15,27H,16H2,1-2H3,(H,34,36). The second-order valence-electron chi connectivity index (χ2n) is 8.43. The zero-order chi connectivity index (χ0) is 27.4. The van der Waals surface area contributed by atoms with Crippen LogP contribution in [0.15, 0.2) is 78.9 Å². The highest BCUT2D eigenvalue weighted by atomic mass is 19.4. The molecule has 0 bridgehead atoms. The molecule has 0 unspecified atom stereocenters. The molecule has 1 amide bonds. The summed E-state index contributed by atoms with van der Waals surface area (Å²) >= 11 is 0. The van der Waals surface area contributed by atoms with Crippen LogP contribution in [0.3, 0.4) is 0 Å². The maximum absolute atomic E-state index is 13.6. The molecule has 0 fully saturated rings. The Morgan fingerprint density at radius 1 is 0.921 bits per heavy atom. The fourth-order valence-corrected chi connectivity index (χ4v) is 4.07. The van der Waals surface area contributed by atoms with Crippen LogP contribution in [-0.4, -0.2) is 17.1 Å². The number of carbonyl (C=O) groups excluding carboxylic acids is 1. The quantitative estimate of drug-likeness (QED) is 0.240. The molecule has 198 valence electrons. The molecule has 3 aromatic carbocycles. The fourth-order valence-electron chi connectivity index (χ4n) is 4.07. The Kier molecular flexibility index (Phi) is 7.70. The van der Waals surface area contributed by atoms with E-state index in [1.54, 1.807) is 56.3 Å². The lowest BCUT2D eigenvalue weighted by Crippen LogP contribution is -2.15. The van der Waals surface area contributed by atoms with Crippen LogP contribution >= 0.6 is 0 Å². The first-order valence-electron chi connectivity index (χ1n) is 11.5. The van der Waals surface area contributed by atoms with E-state index in [9.17, 15) is 26.7 Å². The van der Waals surface area contributed by atoms with Gasteiger partial charge in [0.15, 0.2) is 0 Å². The van der Waals surface area contributed by atoms with Gasteiger partial charge in [0, 0.05) is 23.1 Å². The predicted molar refractivity (Wildman–Crippen MR) is 132 cm³/mol. The number of nitrogens with one attached hydrogen (secondary N) is 1. The number of ether oxygens (including phenoxy) is 2. The Labute approximate surface area is 215 Å². The van der Waals surface area contributed by atoms with Crippen LogP contribution in [0.5, 0.6) is 11.5 Å². The summed E-state index contributed by atoms with van der Waals surface area (Å²) < 4.78 is 76.8. The third-order valence-corrected chi connectivity index (χ3v) is 5.77. The van der Waals surface area contributed by atoms with Crippen molar-refractivity contribution in [2.45, 2.75) is 33.2 Å². The highest BCUT2D eigenvalue weighted by Crippen LogP contribution is 2.35. The van der Waals surface area contributed by atoms with E-state index in [0.29, 0.717) is 28.4 Å². The summed E-state index contributed by atoms with van der Waals surface area (Å²) in [6, 6.07) is 19.4. The van der Waals surface area contributed by atoms with Gasteiger partial charge in [-0.2, -0.15) is 22.0 Å². The van der Waals surface area contributed by atoms with Crippen molar-refractivity contribution in [2.24, 2.45) is 0 Å². The van der Waals surface area contributed by atoms with Gasteiger partial charge in [-0.05, 0) is 61.9 Å². The zero-order valence-electron chi connectivity index (χ0n) is 20.4. The van der Waals surface area contributed by atoms with Crippen LogP contribution in [0.1, 0.15) is 32.9 Å². The van der Waals surface area contributed by atoms with Gasteiger partial charge in [-0.15, -0.1) is 0 Å². The van der Waals surface area contributed by atoms with E-state index >= 15 is 0 Å². The average Bonchev–Trinajstić information content (AvgIpc) is 3.16. The van der Waals surface area contributed by atoms with E-state index < -0.39 is 24.3 Å². The van der Waals surface area contributed by atoms with Gasteiger partial charge in [0.2, 0.25) is 0 Å². The first-order valence-corrected chi connectivity index (χ1v) is 11.5. The molecule has 0 aliphatic carbocycles. The van der Waals surface area contributed by atoms with Crippen molar-refractivity contribution < 1.29 is 36.2 Å². The first-order chi connectivity index (χ1) is 18.0. The topological polar surface area (TPSA) is 52.5 Å². The number of alkyl halides is 5. The van der Waals surface area contributed by atoms with E-state index in [4.69, 9.17) is 4.74 Å². The number of para-hydroxylation sites is 1. The molecule has 1 heterocycles. The van der Waals surface area contributed by atoms with Gasteiger partial charge >= 0.3 is 12.8 Å². The first kappa shape index (κ1) is 26.7. The smallest absolute Gasteiger partial charge is 0.418 e. The predicted octanol–water partition coefficient (Wildman–Crippen LogP) is 7.55. The van der Waals surface area contributed by atoms with Crippen molar-refractivity contribution in [3.05, 3.63) is 107 Å². The molecular weight excluding hydrogens is 507 g/mol. The summed E-state index contributed by atoms with van der Waals surface area (Å²) in [5.74, 6) is -0.00407. The number of nitrogens with zero attached hydrogens (tertiary/aromatic N) is 1. The lowest BCUT2D eigenvalue weighted by Gasteiger charge is -2.17. The number of hydrogen-bond acceptors (Lipinski definition) is 3.